The van der Waals surface area contributed by atoms with Gasteiger partial charge in [-0.3, -0.25) is 0 Å². The molecule has 0 aliphatic heterocycles. The van der Waals surface area contributed by atoms with Crippen molar-refractivity contribution in [1.82, 2.24) is 0 Å². The highest BCUT2D eigenvalue weighted by Gasteiger charge is 2.30. The molecule has 1 aromatic carbocycles. The van der Waals surface area contributed by atoms with E-state index in [1.54, 1.807) is 0 Å². The average Bonchev–Trinajstić information content (AvgIpc) is 2.24. The lowest BCUT2D eigenvalue weighted by Crippen LogP contribution is -2.07. The van der Waals surface area contributed by atoms with E-state index in [0.717, 1.165) is 12.1 Å². The van der Waals surface area contributed by atoms with E-state index >= 15 is 0 Å². The first-order chi connectivity index (χ1) is 7.54. The van der Waals surface area contributed by atoms with Crippen LogP contribution in [0.1, 0.15) is 5.56 Å². The van der Waals surface area contributed by atoms with E-state index in [1.165, 1.54) is 18.4 Å². The molecule has 0 fully saturated rings. The summed E-state index contributed by atoms with van der Waals surface area (Å²) in [6.45, 7) is 3.75. The predicted molar refractivity (Wildman–Crippen MR) is 53.1 cm³/mol. The summed E-state index contributed by atoms with van der Waals surface area (Å²) in [7, 11) is 0. The van der Waals surface area contributed by atoms with E-state index in [2.05, 4.69) is 6.58 Å². The summed E-state index contributed by atoms with van der Waals surface area (Å²) < 4.78 is 46.8. The second kappa shape index (κ2) is 5.44. The topological polar surface area (TPSA) is 18.5 Å². The Morgan fingerprint density at radius 1 is 1.25 bits per heavy atom. The number of rotatable bonds is 5. The molecule has 0 spiro atoms. The van der Waals surface area contributed by atoms with Crippen LogP contribution in [0.15, 0.2) is 37.1 Å². The second-order valence-corrected chi connectivity index (χ2v) is 2.91. The molecule has 0 N–H and O–H groups in total. The normalized spacial score (nSPS) is 10.9. The van der Waals surface area contributed by atoms with Gasteiger partial charge in [0.05, 0.1) is 11.8 Å². The van der Waals surface area contributed by atoms with Crippen LogP contribution in [0, 0.1) is 0 Å². The molecule has 1 rings (SSSR count). The molecule has 2 nitrogen and oxygen atoms in total. The van der Waals surface area contributed by atoms with Gasteiger partial charge in [-0.25, -0.2) is 0 Å². The number of hydrogen-bond donors (Lipinski definition) is 0. The average molecular weight is 232 g/mol. The molecule has 16 heavy (non-hydrogen) atoms. The van der Waals surface area contributed by atoms with Gasteiger partial charge < -0.3 is 9.47 Å². The number of hydrogen-bond acceptors (Lipinski definition) is 2. The first-order valence-electron chi connectivity index (χ1n) is 4.56. The molecule has 0 aliphatic rings. The van der Waals surface area contributed by atoms with Crippen LogP contribution in [0.4, 0.5) is 13.2 Å². The Morgan fingerprint density at radius 3 is 2.62 bits per heavy atom. The number of ether oxygens (including phenoxy) is 2. The Kier molecular flexibility index (Phi) is 4.22. The lowest BCUT2D eigenvalue weighted by molar-refractivity contribution is -0.137. The summed E-state index contributed by atoms with van der Waals surface area (Å²) in [5.41, 5.74) is -0.727. The summed E-state index contributed by atoms with van der Waals surface area (Å²) >= 11 is 0. The molecule has 88 valence electrons. The van der Waals surface area contributed by atoms with Crippen molar-refractivity contribution < 1.29 is 22.6 Å². The maximum Gasteiger partial charge on any atom is 0.416 e. The van der Waals surface area contributed by atoms with Gasteiger partial charge in [-0.1, -0.05) is 12.6 Å². The molecule has 1 aromatic rings. The smallest absolute Gasteiger partial charge is 0.416 e. The third kappa shape index (κ3) is 3.84. The second-order valence-electron chi connectivity index (χ2n) is 2.91. The maximum atomic E-state index is 12.3. The monoisotopic (exact) mass is 232 g/mol. The van der Waals surface area contributed by atoms with Gasteiger partial charge in [-0.15, -0.1) is 0 Å². The molecule has 0 amide bonds. The van der Waals surface area contributed by atoms with Crippen molar-refractivity contribution in [2.45, 2.75) is 6.18 Å². The molecular weight excluding hydrogens is 221 g/mol. The van der Waals surface area contributed by atoms with E-state index in [1.807, 2.05) is 0 Å². The highest BCUT2D eigenvalue weighted by Crippen LogP contribution is 2.31. The zero-order valence-corrected chi connectivity index (χ0v) is 8.46. The van der Waals surface area contributed by atoms with E-state index in [9.17, 15) is 13.2 Å². The number of alkyl halides is 3. The third-order valence-corrected chi connectivity index (χ3v) is 1.75. The molecule has 0 aliphatic carbocycles. The Bertz CT molecular complexity index is 347. The van der Waals surface area contributed by atoms with Gasteiger partial charge in [-0.05, 0) is 18.2 Å². The molecule has 0 saturated heterocycles. The van der Waals surface area contributed by atoms with Crippen molar-refractivity contribution in [2.75, 3.05) is 13.2 Å². The largest absolute Gasteiger partial charge is 0.498 e. The van der Waals surface area contributed by atoms with Crippen LogP contribution in [0.2, 0.25) is 0 Å². The Labute approximate surface area is 91.3 Å². The van der Waals surface area contributed by atoms with Crippen LogP contribution >= 0.6 is 0 Å². The molecule has 0 saturated carbocycles. The van der Waals surface area contributed by atoms with Crippen molar-refractivity contribution in [3.8, 4) is 5.75 Å². The van der Waals surface area contributed by atoms with Gasteiger partial charge in [-0.2, -0.15) is 13.2 Å². The predicted octanol–water partition coefficient (Wildman–Crippen LogP) is 3.24. The minimum Gasteiger partial charge on any atom is -0.498 e. The van der Waals surface area contributed by atoms with Crippen LogP contribution in [0.25, 0.3) is 0 Å². The first kappa shape index (κ1) is 12.4. The molecule has 5 heteroatoms. The zero-order valence-electron chi connectivity index (χ0n) is 8.46. The summed E-state index contributed by atoms with van der Waals surface area (Å²) in [5.74, 6) is 0.169. The molecule has 0 bridgehead atoms. The van der Waals surface area contributed by atoms with Crippen LogP contribution in [-0.2, 0) is 10.9 Å². The van der Waals surface area contributed by atoms with Crippen LogP contribution in [-0.4, -0.2) is 13.2 Å². The first-order valence-corrected chi connectivity index (χ1v) is 4.56. The van der Waals surface area contributed by atoms with Gasteiger partial charge in [0.15, 0.2) is 0 Å². The highest BCUT2D eigenvalue weighted by atomic mass is 19.4. The van der Waals surface area contributed by atoms with Crippen LogP contribution < -0.4 is 4.74 Å². The standard InChI is InChI=1S/C11H11F3O2/c1-2-15-6-7-16-10-5-3-4-9(8-10)11(12,13)14/h2-5,8H,1,6-7H2. The molecular formula is C11H11F3O2. The summed E-state index contributed by atoms with van der Waals surface area (Å²) in [6.07, 6.45) is -3.10. The maximum absolute atomic E-state index is 12.3. The van der Waals surface area contributed by atoms with Gasteiger partial charge in [0.25, 0.3) is 0 Å². The fourth-order valence-electron chi connectivity index (χ4n) is 1.05. The molecule has 0 heterocycles. The lowest BCUT2D eigenvalue weighted by Gasteiger charge is -2.09. The molecule has 0 radical (unpaired) electrons. The van der Waals surface area contributed by atoms with E-state index in [0.29, 0.717) is 0 Å². The van der Waals surface area contributed by atoms with E-state index in [-0.39, 0.29) is 19.0 Å². The zero-order chi connectivity index (χ0) is 12.0. The summed E-state index contributed by atoms with van der Waals surface area (Å²) in [4.78, 5) is 0. The van der Waals surface area contributed by atoms with E-state index in [4.69, 9.17) is 9.47 Å². The van der Waals surface area contributed by atoms with Crippen molar-refractivity contribution in [3.05, 3.63) is 42.7 Å². The van der Waals surface area contributed by atoms with E-state index < -0.39 is 11.7 Å². The molecule has 0 unspecified atom stereocenters. The minimum atomic E-state index is -4.35. The number of halogens is 3. The van der Waals surface area contributed by atoms with Gasteiger partial charge in [0, 0.05) is 0 Å². The van der Waals surface area contributed by atoms with Crippen LogP contribution in [0.5, 0.6) is 5.75 Å². The van der Waals surface area contributed by atoms with Gasteiger partial charge in [0.1, 0.15) is 19.0 Å². The lowest BCUT2D eigenvalue weighted by atomic mass is 10.2. The molecule has 0 aromatic heterocycles. The third-order valence-electron chi connectivity index (χ3n) is 1.75. The van der Waals surface area contributed by atoms with Crippen molar-refractivity contribution in [1.29, 1.82) is 0 Å². The Hall–Kier alpha value is -1.65. The van der Waals surface area contributed by atoms with Gasteiger partial charge >= 0.3 is 6.18 Å². The van der Waals surface area contributed by atoms with Crippen molar-refractivity contribution in [2.24, 2.45) is 0 Å². The summed E-state index contributed by atoms with van der Waals surface area (Å²) in [6, 6.07) is 4.71. The minimum absolute atomic E-state index is 0.169. The summed E-state index contributed by atoms with van der Waals surface area (Å²) in [5, 5.41) is 0. The fraction of sp³-hybridized carbons (Fsp3) is 0.273. The number of benzene rings is 1. The Balaban J connectivity index is 2.57. The fourth-order valence-corrected chi connectivity index (χ4v) is 1.05. The highest BCUT2D eigenvalue weighted by molar-refractivity contribution is 5.30. The van der Waals surface area contributed by atoms with Crippen LogP contribution in [0.3, 0.4) is 0 Å². The Morgan fingerprint density at radius 2 is 2.00 bits per heavy atom. The van der Waals surface area contributed by atoms with Gasteiger partial charge in [0.2, 0.25) is 0 Å². The van der Waals surface area contributed by atoms with Crippen molar-refractivity contribution >= 4 is 0 Å². The quantitative estimate of drug-likeness (QED) is 0.573. The SMILES string of the molecule is C=COCCOc1cccc(C(F)(F)F)c1. The van der Waals surface area contributed by atoms with Crippen molar-refractivity contribution in [3.63, 3.8) is 0 Å². The molecule has 0 atom stereocenters.